The highest BCUT2D eigenvalue weighted by Gasteiger charge is 2.24. The van der Waals surface area contributed by atoms with Crippen molar-refractivity contribution in [2.75, 3.05) is 21.3 Å². The molecule has 0 spiro atoms. The minimum Gasteiger partial charge on any atom is -0.493 e. The highest BCUT2D eigenvalue weighted by atomic mass is 16.5. The Kier molecular flexibility index (Phi) is 5.65. The van der Waals surface area contributed by atoms with Gasteiger partial charge in [-0.1, -0.05) is 0 Å². The van der Waals surface area contributed by atoms with Gasteiger partial charge in [-0.2, -0.15) is 0 Å². The van der Waals surface area contributed by atoms with E-state index in [1.807, 2.05) is 0 Å². The van der Waals surface area contributed by atoms with Crippen molar-refractivity contribution in [3.05, 3.63) is 17.7 Å². The second-order valence-corrected chi connectivity index (χ2v) is 4.09. The van der Waals surface area contributed by atoms with Crippen LogP contribution in [-0.4, -0.2) is 38.4 Å². The largest absolute Gasteiger partial charge is 0.493 e. The molecule has 0 amide bonds. The molecule has 1 atom stereocenters. The van der Waals surface area contributed by atoms with Gasteiger partial charge in [-0.15, -0.1) is 0 Å². The van der Waals surface area contributed by atoms with Crippen LogP contribution >= 0.6 is 0 Å². The van der Waals surface area contributed by atoms with Crippen LogP contribution in [-0.2, 0) is 4.79 Å². The minimum atomic E-state index is -1.04. The Morgan fingerprint density at radius 1 is 1.19 bits per heavy atom. The lowest BCUT2D eigenvalue weighted by atomic mass is 10.0. The summed E-state index contributed by atoms with van der Waals surface area (Å²) in [7, 11) is 4.38. The van der Waals surface area contributed by atoms with Crippen LogP contribution < -0.4 is 25.7 Å². The fourth-order valence-electron chi connectivity index (χ4n) is 1.96. The molecule has 0 aromatic heterocycles. The average molecular weight is 297 g/mol. The summed E-state index contributed by atoms with van der Waals surface area (Å²) in [6, 6.07) is 2.48. The lowest BCUT2D eigenvalue weighted by Gasteiger charge is -2.19. The molecule has 1 rings (SSSR count). The van der Waals surface area contributed by atoms with Gasteiger partial charge in [0, 0.05) is 5.56 Å². The molecular weight excluding hydrogens is 278 g/mol. The van der Waals surface area contributed by atoms with Crippen LogP contribution in [0.25, 0.3) is 0 Å². The van der Waals surface area contributed by atoms with Crippen LogP contribution in [0.5, 0.6) is 17.2 Å². The van der Waals surface area contributed by atoms with E-state index in [0.717, 1.165) is 0 Å². The van der Waals surface area contributed by atoms with Crippen molar-refractivity contribution in [2.45, 2.75) is 12.5 Å². The Hall–Kier alpha value is -2.64. The van der Waals surface area contributed by atoms with E-state index in [1.165, 1.54) is 21.3 Å². The van der Waals surface area contributed by atoms with E-state index in [1.54, 1.807) is 12.1 Å². The summed E-state index contributed by atoms with van der Waals surface area (Å²) in [5, 5.41) is 9.00. The molecule has 0 saturated carbocycles. The predicted molar refractivity (Wildman–Crippen MR) is 76.9 cm³/mol. The van der Waals surface area contributed by atoms with Gasteiger partial charge in [0.25, 0.3) is 0 Å². The number of nitrogens with zero attached hydrogens (tertiary/aromatic N) is 1. The van der Waals surface area contributed by atoms with E-state index in [9.17, 15) is 4.79 Å². The van der Waals surface area contributed by atoms with E-state index in [2.05, 4.69) is 4.99 Å². The van der Waals surface area contributed by atoms with E-state index >= 15 is 0 Å². The molecule has 1 unspecified atom stereocenters. The highest BCUT2D eigenvalue weighted by Crippen LogP contribution is 2.43. The maximum atomic E-state index is 11.0. The molecule has 1 aromatic rings. The van der Waals surface area contributed by atoms with Gasteiger partial charge in [-0.25, -0.2) is 4.99 Å². The number of hydrogen-bond donors (Lipinski definition) is 3. The number of aliphatic imine (C=N–C) groups is 1. The number of hydrogen-bond acceptors (Lipinski definition) is 5. The summed E-state index contributed by atoms with van der Waals surface area (Å²) in [5.41, 5.74) is 11.2. The monoisotopic (exact) mass is 297 g/mol. The average Bonchev–Trinajstić information content (AvgIpc) is 2.43. The van der Waals surface area contributed by atoms with Crippen LogP contribution in [0.4, 0.5) is 0 Å². The van der Waals surface area contributed by atoms with Gasteiger partial charge < -0.3 is 30.8 Å². The number of nitrogens with two attached hydrogens (primary N) is 2. The highest BCUT2D eigenvalue weighted by molar-refractivity contribution is 5.77. The summed E-state index contributed by atoms with van der Waals surface area (Å²) in [6.07, 6.45) is -0.288. The van der Waals surface area contributed by atoms with Crippen LogP contribution in [0.2, 0.25) is 0 Å². The standard InChI is InChI=1S/C13H19N3O5/c1-19-9-5-4-7(11(20-2)12(9)21-3)8(6-10(17)18)16-13(14)15/h4-5,8H,6H2,1-3H3,(H,17,18)(H4,14,15,16). The number of carboxylic acid groups (broad SMARTS) is 1. The number of benzene rings is 1. The van der Waals surface area contributed by atoms with Crippen molar-refractivity contribution in [2.24, 2.45) is 16.5 Å². The Labute approximate surface area is 122 Å². The first-order valence-electron chi connectivity index (χ1n) is 6.04. The minimum absolute atomic E-state index is 0.210. The van der Waals surface area contributed by atoms with Gasteiger partial charge in [-0.05, 0) is 12.1 Å². The third-order valence-electron chi connectivity index (χ3n) is 2.77. The van der Waals surface area contributed by atoms with Crippen LogP contribution in [0.1, 0.15) is 18.0 Å². The molecule has 0 aliphatic carbocycles. The SMILES string of the molecule is COc1ccc(C(CC(=O)O)N=C(N)N)c(OC)c1OC. The molecule has 0 bridgehead atoms. The number of aliphatic carboxylic acids is 1. The summed E-state index contributed by atoms with van der Waals surface area (Å²) in [4.78, 5) is 14.9. The zero-order valence-electron chi connectivity index (χ0n) is 12.1. The molecule has 8 nitrogen and oxygen atoms in total. The molecule has 5 N–H and O–H groups in total. The van der Waals surface area contributed by atoms with Crippen molar-refractivity contribution >= 4 is 11.9 Å². The third-order valence-corrected chi connectivity index (χ3v) is 2.77. The summed E-state index contributed by atoms with van der Waals surface area (Å²) in [6.45, 7) is 0. The Bertz CT molecular complexity index is 541. The normalized spacial score (nSPS) is 11.4. The maximum Gasteiger partial charge on any atom is 0.305 e. The quantitative estimate of drug-likeness (QED) is 0.493. The second kappa shape index (κ2) is 7.22. The molecular formula is C13H19N3O5. The number of guanidine groups is 1. The van der Waals surface area contributed by atoms with Gasteiger partial charge in [-0.3, -0.25) is 4.79 Å². The Balaban J connectivity index is 3.43. The van der Waals surface area contributed by atoms with Crippen molar-refractivity contribution in [3.63, 3.8) is 0 Å². The molecule has 0 heterocycles. The molecule has 0 fully saturated rings. The lowest BCUT2D eigenvalue weighted by Crippen LogP contribution is -2.24. The Morgan fingerprint density at radius 3 is 2.24 bits per heavy atom. The Morgan fingerprint density at radius 2 is 1.81 bits per heavy atom. The second-order valence-electron chi connectivity index (χ2n) is 4.09. The molecule has 0 aliphatic rings. The van der Waals surface area contributed by atoms with Gasteiger partial charge in [0.15, 0.2) is 17.5 Å². The summed E-state index contributed by atoms with van der Waals surface area (Å²) in [5.74, 6) is -0.122. The molecule has 116 valence electrons. The summed E-state index contributed by atoms with van der Waals surface area (Å²) < 4.78 is 15.7. The molecule has 0 aliphatic heterocycles. The van der Waals surface area contributed by atoms with Gasteiger partial charge in [0.2, 0.25) is 5.75 Å². The smallest absolute Gasteiger partial charge is 0.305 e. The first kappa shape index (κ1) is 16.4. The molecule has 0 saturated heterocycles. The van der Waals surface area contributed by atoms with Gasteiger partial charge in [0.1, 0.15) is 0 Å². The fraction of sp³-hybridized carbons (Fsp3) is 0.385. The zero-order chi connectivity index (χ0) is 16.0. The number of carbonyl (C=O) groups is 1. The number of ether oxygens (including phenoxy) is 3. The topological polar surface area (TPSA) is 129 Å². The van der Waals surface area contributed by atoms with E-state index in [4.69, 9.17) is 30.8 Å². The van der Waals surface area contributed by atoms with Crippen molar-refractivity contribution in [3.8, 4) is 17.2 Å². The van der Waals surface area contributed by atoms with E-state index in [-0.39, 0.29) is 12.4 Å². The van der Waals surface area contributed by atoms with E-state index in [0.29, 0.717) is 22.8 Å². The van der Waals surface area contributed by atoms with Crippen molar-refractivity contribution < 1.29 is 24.1 Å². The fourth-order valence-corrected chi connectivity index (χ4v) is 1.96. The molecule has 1 aromatic carbocycles. The van der Waals surface area contributed by atoms with E-state index < -0.39 is 12.0 Å². The lowest BCUT2D eigenvalue weighted by molar-refractivity contribution is -0.137. The van der Waals surface area contributed by atoms with Gasteiger partial charge in [0.05, 0.1) is 33.8 Å². The first-order valence-corrected chi connectivity index (χ1v) is 6.04. The zero-order valence-corrected chi connectivity index (χ0v) is 12.1. The van der Waals surface area contributed by atoms with Crippen molar-refractivity contribution in [1.29, 1.82) is 0 Å². The van der Waals surface area contributed by atoms with Crippen LogP contribution in [0.3, 0.4) is 0 Å². The number of rotatable bonds is 7. The third kappa shape index (κ3) is 3.91. The van der Waals surface area contributed by atoms with Gasteiger partial charge >= 0.3 is 5.97 Å². The number of carboxylic acids is 1. The molecule has 0 radical (unpaired) electrons. The van der Waals surface area contributed by atoms with Crippen LogP contribution in [0, 0.1) is 0 Å². The number of methoxy groups -OCH3 is 3. The van der Waals surface area contributed by atoms with Crippen LogP contribution in [0.15, 0.2) is 17.1 Å². The molecule has 8 heteroatoms. The first-order chi connectivity index (χ1) is 9.94. The maximum absolute atomic E-state index is 11.0. The predicted octanol–water partition coefficient (Wildman–Crippen LogP) is 0.502. The van der Waals surface area contributed by atoms with Crippen molar-refractivity contribution in [1.82, 2.24) is 0 Å². The molecule has 21 heavy (non-hydrogen) atoms. The summed E-state index contributed by atoms with van der Waals surface area (Å²) >= 11 is 0.